The van der Waals surface area contributed by atoms with Gasteiger partial charge in [0, 0.05) is 42.2 Å². The Kier molecular flexibility index (Phi) is 9.80. The maximum atomic E-state index is 12.5. The molecule has 0 spiro atoms. The van der Waals surface area contributed by atoms with Crippen molar-refractivity contribution in [2.24, 2.45) is 0 Å². The Morgan fingerprint density at radius 3 is 2.38 bits per heavy atom. The van der Waals surface area contributed by atoms with Crippen LogP contribution in [0.1, 0.15) is 38.5 Å². The van der Waals surface area contributed by atoms with Gasteiger partial charge in [0.25, 0.3) is 0 Å². The second-order valence-corrected chi connectivity index (χ2v) is 8.09. The summed E-state index contributed by atoms with van der Waals surface area (Å²) in [5.74, 6) is 0.0731. The predicted molar refractivity (Wildman–Crippen MR) is 131 cm³/mol. The zero-order valence-electron chi connectivity index (χ0n) is 19.1. The summed E-state index contributed by atoms with van der Waals surface area (Å²) < 4.78 is 1.89. The fraction of sp³-hybridized carbons (Fsp3) is 0.259. The third-order valence-corrected chi connectivity index (χ3v) is 5.57. The first kappa shape index (κ1) is 25.1. The van der Waals surface area contributed by atoms with Crippen molar-refractivity contribution >= 4 is 11.6 Å². The normalized spacial score (nSPS) is 10.5. The summed E-state index contributed by atoms with van der Waals surface area (Å²) >= 11 is 0. The highest BCUT2D eigenvalue weighted by Gasteiger charge is 2.08. The van der Waals surface area contributed by atoms with Crippen LogP contribution in [0.25, 0.3) is 22.4 Å². The van der Waals surface area contributed by atoms with Gasteiger partial charge in [0.1, 0.15) is 5.69 Å². The van der Waals surface area contributed by atoms with Gasteiger partial charge in [-0.3, -0.25) is 14.5 Å². The lowest BCUT2D eigenvalue weighted by atomic mass is 10.0. The van der Waals surface area contributed by atoms with Crippen molar-refractivity contribution in [3.05, 3.63) is 85.3 Å². The Balaban J connectivity index is 0.00000324. The molecule has 6 nitrogen and oxygen atoms in total. The van der Waals surface area contributed by atoms with Crippen LogP contribution in [0.4, 0.5) is 5.69 Å². The van der Waals surface area contributed by atoms with E-state index in [9.17, 15) is 4.79 Å². The highest BCUT2D eigenvalue weighted by Crippen LogP contribution is 2.27. The van der Waals surface area contributed by atoms with E-state index in [0.29, 0.717) is 6.42 Å². The van der Waals surface area contributed by atoms with Crippen LogP contribution in [-0.2, 0) is 11.3 Å². The molecule has 0 aliphatic heterocycles. The summed E-state index contributed by atoms with van der Waals surface area (Å²) in [7, 11) is 0. The molecule has 34 heavy (non-hydrogen) atoms. The molecule has 0 saturated carbocycles. The molecule has 0 atom stereocenters. The Labute approximate surface area is 206 Å². The molecule has 2 aromatic heterocycles. The molecule has 4 rings (SSSR count). The summed E-state index contributed by atoms with van der Waals surface area (Å²) in [5.41, 5.74) is 4.85. The van der Waals surface area contributed by atoms with Crippen molar-refractivity contribution in [1.29, 1.82) is 0 Å². The molecule has 0 fully saturated rings. The lowest BCUT2D eigenvalue weighted by molar-refractivity contribution is -0.116. The van der Waals surface area contributed by atoms with Crippen LogP contribution < -0.4 is 17.7 Å². The van der Waals surface area contributed by atoms with Gasteiger partial charge in [0.05, 0.1) is 6.20 Å². The average molecular weight is 475 g/mol. The van der Waals surface area contributed by atoms with Gasteiger partial charge < -0.3 is 17.7 Å². The summed E-state index contributed by atoms with van der Waals surface area (Å²) in [5, 5.41) is 11.5. The van der Waals surface area contributed by atoms with Crippen molar-refractivity contribution in [2.45, 2.75) is 45.1 Å². The minimum absolute atomic E-state index is 0. The molecule has 1 N–H and O–H groups in total. The monoisotopic (exact) mass is 474 g/mol. The number of aromatic nitrogens is 4. The Bertz CT molecular complexity index is 1150. The van der Waals surface area contributed by atoms with Crippen molar-refractivity contribution in [3.8, 4) is 22.4 Å². The van der Waals surface area contributed by atoms with Gasteiger partial charge in [-0.15, -0.1) is 5.10 Å². The molecule has 0 aliphatic rings. The van der Waals surface area contributed by atoms with Crippen molar-refractivity contribution in [3.63, 3.8) is 0 Å². The zero-order valence-corrected chi connectivity index (χ0v) is 19.9. The highest BCUT2D eigenvalue weighted by molar-refractivity contribution is 5.95. The zero-order chi connectivity index (χ0) is 22.7. The molecule has 0 bridgehead atoms. The smallest absolute Gasteiger partial charge is 0.224 e. The maximum Gasteiger partial charge on any atom is 0.224 e. The molecular formula is C27H29ClN5O-. The van der Waals surface area contributed by atoms with Gasteiger partial charge in [-0.25, -0.2) is 0 Å². The van der Waals surface area contributed by atoms with Gasteiger partial charge in [-0.2, -0.15) is 0 Å². The fourth-order valence-electron chi connectivity index (χ4n) is 3.82. The van der Waals surface area contributed by atoms with E-state index in [0.717, 1.165) is 66.7 Å². The number of carbonyl (C=O) groups is 1. The first-order chi connectivity index (χ1) is 16.3. The number of anilines is 1. The quantitative estimate of drug-likeness (QED) is 0.339. The predicted octanol–water partition coefficient (Wildman–Crippen LogP) is 2.99. The van der Waals surface area contributed by atoms with E-state index in [4.69, 9.17) is 0 Å². The number of rotatable bonds is 11. The number of nitrogens with one attached hydrogen (secondary N) is 1. The first-order valence-electron chi connectivity index (χ1n) is 11.5. The van der Waals surface area contributed by atoms with E-state index >= 15 is 0 Å². The van der Waals surface area contributed by atoms with Crippen molar-refractivity contribution < 1.29 is 17.2 Å². The van der Waals surface area contributed by atoms with E-state index in [2.05, 4.69) is 32.7 Å². The molecule has 176 valence electrons. The average Bonchev–Trinajstić information content (AvgIpc) is 3.34. The van der Waals surface area contributed by atoms with Crippen LogP contribution in [0.15, 0.2) is 85.3 Å². The fourth-order valence-corrected chi connectivity index (χ4v) is 3.82. The maximum absolute atomic E-state index is 12.5. The van der Waals surface area contributed by atoms with E-state index < -0.39 is 0 Å². The van der Waals surface area contributed by atoms with Gasteiger partial charge in [0.2, 0.25) is 5.91 Å². The summed E-state index contributed by atoms with van der Waals surface area (Å²) in [6, 6.07) is 22.0. The van der Waals surface area contributed by atoms with Crippen LogP contribution in [-0.4, -0.2) is 25.9 Å². The summed E-state index contributed by atoms with van der Waals surface area (Å²) in [6.07, 6.45) is 11.3. The molecular weight excluding hydrogens is 446 g/mol. The molecule has 7 heteroatoms. The van der Waals surface area contributed by atoms with Crippen molar-refractivity contribution in [2.75, 3.05) is 5.32 Å². The summed E-state index contributed by atoms with van der Waals surface area (Å²) in [6.45, 7) is 0.851. The van der Waals surface area contributed by atoms with Gasteiger partial charge in [0.15, 0.2) is 0 Å². The lowest BCUT2D eigenvalue weighted by Gasteiger charge is -2.11. The SMILES string of the molecule is O=C(CCCCCCCn1cc(-c2cccnc2)nn1)Nc1ccccc1-c1ccccc1.[Cl-]. The molecule has 0 unspecified atom stereocenters. The summed E-state index contributed by atoms with van der Waals surface area (Å²) in [4.78, 5) is 16.6. The molecule has 4 aromatic rings. The number of nitrogens with zero attached hydrogens (tertiary/aromatic N) is 4. The molecule has 1 amide bonds. The number of carbonyl (C=O) groups excluding carboxylic acids is 1. The van der Waals surface area contributed by atoms with Crippen LogP contribution in [0.2, 0.25) is 0 Å². The number of para-hydroxylation sites is 1. The topological polar surface area (TPSA) is 72.7 Å². The third-order valence-electron chi connectivity index (χ3n) is 5.57. The third kappa shape index (κ3) is 7.25. The number of halogens is 1. The van der Waals surface area contributed by atoms with Crippen LogP contribution >= 0.6 is 0 Å². The second kappa shape index (κ2) is 13.3. The molecule has 0 saturated heterocycles. The first-order valence-corrected chi connectivity index (χ1v) is 11.5. The molecule has 2 heterocycles. The largest absolute Gasteiger partial charge is 1.00 e. The number of aryl methyl sites for hydroxylation is 1. The van der Waals surface area contributed by atoms with E-state index in [1.54, 1.807) is 12.4 Å². The molecule has 0 radical (unpaired) electrons. The van der Waals surface area contributed by atoms with Gasteiger partial charge in [-0.1, -0.05) is 73.0 Å². The number of hydrogen-bond acceptors (Lipinski definition) is 4. The van der Waals surface area contributed by atoms with E-state index in [1.165, 1.54) is 0 Å². The van der Waals surface area contributed by atoms with E-state index in [-0.39, 0.29) is 18.3 Å². The van der Waals surface area contributed by atoms with Crippen LogP contribution in [0.5, 0.6) is 0 Å². The molecule has 0 aliphatic carbocycles. The molecule has 2 aromatic carbocycles. The van der Waals surface area contributed by atoms with Crippen LogP contribution in [0, 0.1) is 0 Å². The lowest BCUT2D eigenvalue weighted by Crippen LogP contribution is -3.00. The Morgan fingerprint density at radius 2 is 1.56 bits per heavy atom. The number of hydrogen-bond donors (Lipinski definition) is 1. The van der Waals surface area contributed by atoms with Crippen LogP contribution in [0.3, 0.4) is 0 Å². The highest BCUT2D eigenvalue weighted by atomic mass is 35.5. The minimum Gasteiger partial charge on any atom is -1.00 e. The van der Waals surface area contributed by atoms with Gasteiger partial charge >= 0.3 is 0 Å². The minimum atomic E-state index is 0. The second-order valence-electron chi connectivity index (χ2n) is 8.09. The van der Waals surface area contributed by atoms with Gasteiger partial charge in [-0.05, 0) is 36.6 Å². The van der Waals surface area contributed by atoms with Crippen molar-refractivity contribution in [1.82, 2.24) is 20.0 Å². The Hall–Kier alpha value is -3.51. The number of pyridine rings is 1. The number of unbranched alkanes of at least 4 members (excludes halogenated alkanes) is 4. The number of benzene rings is 2. The standard InChI is InChI=1S/C27H29N5O.ClH/c33-27(29-25-16-9-8-15-24(25)22-12-5-4-6-13-22)17-7-2-1-3-10-19-32-21-26(30-31-32)23-14-11-18-28-20-23;/h4-6,8-9,11-16,18,20-21H,1-3,7,10,17,19H2,(H,29,33);1H/p-1. The van der Waals surface area contributed by atoms with E-state index in [1.807, 2.05) is 65.5 Å². The number of amides is 1. The Morgan fingerprint density at radius 1 is 0.824 bits per heavy atom.